The lowest BCUT2D eigenvalue weighted by Gasteiger charge is -2.18. The maximum Gasteiger partial charge on any atom is 0.243 e. The highest BCUT2D eigenvalue weighted by Gasteiger charge is 2.23. The van der Waals surface area contributed by atoms with Crippen LogP contribution in [0.4, 0.5) is 0 Å². The highest BCUT2D eigenvalue weighted by molar-refractivity contribution is 7.99. The number of carbonyl (C=O) groups excluding carboxylic acids is 2. The summed E-state index contributed by atoms with van der Waals surface area (Å²) in [6.45, 7) is 6.43. The van der Waals surface area contributed by atoms with Crippen molar-refractivity contribution in [3.05, 3.63) is 53.9 Å². The number of hydrogen-bond donors (Lipinski definition) is 1. The Balaban J connectivity index is 1.51. The van der Waals surface area contributed by atoms with Crippen LogP contribution in [0.5, 0.6) is 11.5 Å². The van der Waals surface area contributed by atoms with Gasteiger partial charge >= 0.3 is 0 Å². The number of Topliss-reactive ketones (excluding diaryl/α,β-unsaturated/α-hetero) is 1. The van der Waals surface area contributed by atoms with Crippen LogP contribution in [0.1, 0.15) is 43.4 Å². The summed E-state index contributed by atoms with van der Waals surface area (Å²) in [6.07, 6.45) is 1.22. The first-order valence-electron chi connectivity index (χ1n) is 12.6. The van der Waals surface area contributed by atoms with E-state index in [2.05, 4.69) is 15.5 Å². The van der Waals surface area contributed by atoms with E-state index in [-0.39, 0.29) is 29.1 Å². The molecule has 0 aliphatic carbocycles. The number of fused-ring (bicyclic) bond motifs is 1. The maximum absolute atomic E-state index is 13.0. The molecule has 2 aromatic carbocycles. The van der Waals surface area contributed by atoms with Crippen LogP contribution in [-0.2, 0) is 21.2 Å². The summed E-state index contributed by atoms with van der Waals surface area (Å²) in [7, 11) is -3.60. The van der Waals surface area contributed by atoms with Gasteiger partial charge < -0.3 is 14.8 Å². The zero-order valence-corrected chi connectivity index (χ0v) is 23.7. The number of rotatable bonds is 13. The van der Waals surface area contributed by atoms with Crippen molar-refractivity contribution in [2.45, 2.75) is 43.7 Å². The molecular weight excluding hydrogens is 542 g/mol. The van der Waals surface area contributed by atoms with Gasteiger partial charge in [-0.1, -0.05) is 37.7 Å². The average Bonchev–Trinajstić information content (AvgIpc) is 3.56. The molecule has 11 nitrogen and oxygen atoms in total. The summed E-state index contributed by atoms with van der Waals surface area (Å²) < 4.78 is 39.7. The molecule has 0 unspecified atom stereocenters. The SMILES string of the molecule is CCN(CC)S(=O)(=O)c1ccc(C(=O)CSc2nnc(CCCNC(C)=O)n2-c2ccc3c(c2)OCO3)cc1. The highest BCUT2D eigenvalue weighted by Crippen LogP contribution is 2.35. The minimum absolute atomic E-state index is 0.0801. The smallest absolute Gasteiger partial charge is 0.243 e. The van der Waals surface area contributed by atoms with Gasteiger partial charge in [-0.25, -0.2) is 8.42 Å². The molecule has 0 atom stereocenters. The van der Waals surface area contributed by atoms with Gasteiger partial charge in [0.15, 0.2) is 22.4 Å². The van der Waals surface area contributed by atoms with E-state index in [1.807, 2.05) is 22.8 Å². The second-order valence-electron chi connectivity index (χ2n) is 8.68. The molecule has 1 aliphatic rings. The Morgan fingerprint density at radius 1 is 1.05 bits per heavy atom. The molecule has 4 rings (SSSR count). The standard InChI is InChI=1S/C26H31N5O6S2/c1-4-30(5-2)39(34,35)21-11-8-19(9-12-21)22(33)16-38-26-29-28-25(7-6-14-27-18(3)32)31(26)20-10-13-23-24(15-20)37-17-36-23/h8-13,15H,4-7,14,16-17H2,1-3H3,(H,27,32). The van der Waals surface area contributed by atoms with Crippen LogP contribution in [0.25, 0.3) is 5.69 Å². The van der Waals surface area contributed by atoms with Crippen molar-refractivity contribution in [1.29, 1.82) is 0 Å². The number of ketones is 1. The lowest BCUT2D eigenvalue weighted by Crippen LogP contribution is -2.30. The summed E-state index contributed by atoms with van der Waals surface area (Å²) >= 11 is 1.24. The van der Waals surface area contributed by atoms with Crippen molar-refractivity contribution in [1.82, 2.24) is 24.4 Å². The van der Waals surface area contributed by atoms with E-state index in [0.717, 1.165) is 5.69 Å². The van der Waals surface area contributed by atoms with E-state index in [0.29, 0.717) is 60.5 Å². The van der Waals surface area contributed by atoms with Crippen LogP contribution in [0.3, 0.4) is 0 Å². The third-order valence-electron chi connectivity index (χ3n) is 6.12. The Morgan fingerprint density at radius 3 is 2.46 bits per heavy atom. The quantitative estimate of drug-likeness (QED) is 0.186. The van der Waals surface area contributed by atoms with E-state index < -0.39 is 10.0 Å². The fourth-order valence-electron chi connectivity index (χ4n) is 4.09. The number of carbonyl (C=O) groups is 2. The second kappa shape index (κ2) is 12.6. The third-order valence-corrected chi connectivity index (χ3v) is 9.11. The molecule has 0 spiro atoms. The average molecular weight is 574 g/mol. The van der Waals surface area contributed by atoms with E-state index >= 15 is 0 Å². The minimum Gasteiger partial charge on any atom is -0.454 e. The van der Waals surface area contributed by atoms with Crippen molar-refractivity contribution in [3.63, 3.8) is 0 Å². The molecule has 3 aromatic rings. The summed E-state index contributed by atoms with van der Waals surface area (Å²) in [4.78, 5) is 24.4. The fourth-order valence-corrected chi connectivity index (χ4v) is 6.41. The molecule has 208 valence electrons. The Hall–Kier alpha value is -3.42. The lowest BCUT2D eigenvalue weighted by molar-refractivity contribution is -0.118. The van der Waals surface area contributed by atoms with Gasteiger partial charge in [-0.05, 0) is 30.7 Å². The molecule has 0 fully saturated rings. The Labute approximate surface area is 231 Å². The molecule has 13 heteroatoms. The fraction of sp³-hybridized carbons (Fsp3) is 0.385. The molecule has 1 amide bonds. The van der Waals surface area contributed by atoms with Gasteiger partial charge in [-0.2, -0.15) is 4.31 Å². The first-order chi connectivity index (χ1) is 18.7. The van der Waals surface area contributed by atoms with Gasteiger partial charge in [-0.15, -0.1) is 10.2 Å². The minimum atomic E-state index is -3.60. The van der Waals surface area contributed by atoms with Crippen LogP contribution in [-0.4, -0.2) is 71.4 Å². The highest BCUT2D eigenvalue weighted by atomic mass is 32.2. The number of sulfonamides is 1. The number of nitrogens with one attached hydrogen (secondary N) is 1. The second-order valence-corrected chi connectivity index (χ2v) is 11.6. The first-order valence-corrected chi connectivity index (χ1v) is 15.0. The summed E-state index contributed by atoms with van der Waals surface area (Å²) in [6, 6.07) is 11.5. The van der Waals surface area contributed by atoms with E-state index in [9.17, 15) is 18.0 Å². The number of amides is 1. The van der Waals surface area contributed by atoms with Gasteiger partial charge in [-0.3, -0.25) is 14.2 Å². The van der Waals surface area contributed by atoms with Gasteiger partial charge in [0.05, 0.1) is 16.3 Å². The van der Waals surface area contributed by atoms with Crippen LogP contribution < -0.4 is 14.8 Å². The number of ether oxygens (including phenoxy) is 2. The zero-order chi connectivity index (χ0) is 28.0. The van der Waals surface area contributed by atoms with Gasteiger partial charge in [0.25, 0.3) is 0 Å². The topological polar surface area (TPSA) is 133 Å². The van der Waals surface area contributed by atoms with Gasteiger partial charge in [0, 0.05) is 44.6 Å². The number of hydrogen-bond acceptors (Lipinski definition) is 9. The maximum atomic E-state index is 13.0. The number of benzene rings is 2. The zero-order valence-electron chi connectivity index (χ0n) is 22.0. The number of thioether (sulfide) groups is 1. The van der Waals surface area contributed by atoms with Crippen LogP contribution in [0, 0.1) is 0 Å². The lowest BCUT2D eigenvalue weighted by atomic mass is 10.1. The summed E-state index contributed by atoms with van der Waals surface area (Å²) in [5.74, 6) is 1.75. The Bertz CT molecular complexity index is 1440. The molecule has 2 heterocycles. The molecule has 1 aliphatic heterocycles. The largest absolute Gasteiger partial charge is 0.454 e. The summed E-state index contributed by atoms with van der Waals surface area (Å²) in [5, 5.41) is 12.0. The monoisotopic (exact) mass is 573 g/mol. The van der Waals surface area contributed by atoms with Crippen LogP contribution >= 0.6 is 11.8 Å². The number of aromatic nitrogens is 3. The summed E-state index contributed by atoms with van der Waals surface area (Å²) in [5.41, 5.74) is 1.17. The van der Waals surface area contributed by atoms with Gasteiger partial charge in [0.2, 0.25) is 22.7 Å². The predicted molar refractivity (Wildman–Crippen MR) is 146 cm³/mol. The van der Waals surface area contributed by atoms with Crippen LogP contribution in [0.2, 0.25) is 0 Å². The van der Waals surface area contributed by atoms with Crippen molar-refractivity contribution in [2.75, 3.05) is 32.2 Å². The number of aryl methyl sites for hydroxylation is 1. The molecule has 1 aromatic heterocycles. The van der Waals surface area contributed by atoms with Crippen molar-refractivity contribution in [3.8, 4) is 17.2 Å². The van der Waals surface area contributed by atoms with E-state index in [1.54, 1.807) is 13.8 Å². The number of nitrogens with zero attached hydrogens (tertiary/aromatic N) is 4. The molecule has 0 saturated carbocycles. The van der Waals surface area contributed by atoms with Crippen molar-refractivity contribution >= 4 is 33.5 Å². The molecule has 0 bridgehead atoms. The van der Waals surface area contributed by atoms with Crippen molar-refractivity contribution < 1.29 is 27.5 Å². The predicted octanol–water partition coefficient (Wildman–Crippen LogP) is 3.07. The Kier molecular flexibility index (Phi) is 9.25. The molecular formula is C26H31N5O6S2. The van der Waals surface area contributed by atoms with Gasteiger partial charge in [0.1, 0.15) is 5.82 Å². The molecule has 1 N–H and O–H groups in total. The molecule has 0 saturated heterocycles. The van der Waals surface area contributed by atoms with E-state index in [1.165, 1.54) is 47.3 Å². The molecule has 0 radical (unpaired) electrons. The third kappa shape index (κ3) is 6.60. The Morgan fingerprint density at radius 2 is 1.77 bits per heavy atom. The van der Waals surface area contributed by atoms with E-state index in [4.69, 9.17) is 9.47 Å². The normalized spacial score (nSPS) is 12.6. The molecule has 39 heavy (non-hydrogen) atoms. The van der Waals surface area contributed by atoms with Crippen LogP contribution in [0.15, 0.2) is 52.5 Å². The van der Waals surface area contributed by atoms with Crippen molar-refractivity contribution in [2.24, 2.45) is 0 Å². The first kappa shape index (κ1) is 28.6.